The number of nitrogens with one attached hydrogen (secondary N) is 1. The van der Waals surface area contributed by atoms with Crippen LogP contribution in [0.25, 0.3) is 0 Å². The van der Waals surface area contributed by atoms with Crippen molar-refractivity contribution in [1.82, 2.24) is 10.2 Å². The first-order chi connectivity index (χ1) is 7.77. The standard InChI is InChI=1S/C13H24N2O2/c1-6-7-15-11(16)8-10(12(15)17)14-9(2)13(3,4)5/h9-10,14H,6-8H2,1-5H3. The fourth-order valence-corrected chi connectivity index (χ4v) is 1.82. The minimum absolute atomic E-state index is 0.0459. The average molecular weight is 240 g/mol. The highest BCUT2D eigenvalue weighted by Gasteiger charge is 2.39. The van der Waals surface area contributed by atoms with E-state index in [0.717, 1.165) is 6.42 Å². The van der Waals surface area contributed by atoms with Gasteiger partial charge in [0, 0.05) is 12.6 Å². The second-order valence-electron chi connectivity index (χ2n) is 5.89. The lowest BCUT2D eigenvalue weighted by atomic mass is 9.87. The maximum absolute atomic E-state index is 12.0. The topological polar surface area (TPSA) is 49.4 Å². The zero-order valence-electron chi connectivity index (χ0n) is 11.5. The van der Waals surface area contributed by atoms with E-state index in [1.165, 1.54) is 4.90 Å². The summed E-state index contributed by atoms with van der Waals surface area (Å²) in [6, 6.07) is -0.130. The van der Waals surface area contributed by atoms with Crippen molar-refractivity contribution >= 4 is 11.8 Å². The van der Waals surface area contributed by atoms with Crippen molar-refractivity contribution in [3.05, 3.63) is 0 Å². The Bertz CT molecular complexity index is 307. The lowest BCUT2D eigenvalue weighted by Gasteiger charge is -2.30. The van der Waals surface area contributed by atoms with Crippen LogP contribution in [0.1, 0.15) is 47.5 Å². The number of carbonyl (C=O) groups is 2. The molecule has 1 aliphatic rings. The van der Waals surface area contributed by atoms with Gasteiger partial charge in [0.15, 0.2) is 0 Å². The summed E-state index contributed by atoms with van der Waals surface area (Å²) in [5.41, 5.74) is 0.0848. The van der Waals surface area contributed by atoms with E-state index in [1.54, 1.807) is 0 Å². The van der Waals surface area contributed by atoms with Gasteiger partial charge in [-0.3, -0.25) is 14.5 Å². The van der Waals surface area contributed by atoms with Crippen LogP contribution < -0.4 is 5.32 Å². The van der Waals surface area contributed by atoms with E-state index >= 15 is 0 Å². The molecule has 0 saturated carbocycles. The van der Waals surface area contributed by atoms with Gasteiger partial charge in [-0.2, -0.15) is 0 Å². The molecule has 1 saturated heterocycles. The smallest absolute Gasteiger partial charge is 0.246 e. The lowest BCUT2D eigenvalue weighted by molar-refractivity contribution is -0.138. The number of rotatable bonds is 4. The number of carbonyl (C=O) groups excluding carboxylic acids is 2. The Morgan fingerprint density at radius 3 is 2.47 bits per heavy atom. The van der Waals surface area contributed by atoms with Gasteiger partial charge in [-0.15, -0.1) is 0 Å². The van der Waals surface area contributed by atoms with Gasteiger partial charge in [-0.05, 0) is 18.8 Å². The van der Waals surface area contributed by atoms with Gasteiger partial charge in [0.2, 0.25) is 11.8 Å². The van der Waals surface area contributed by atoms with Crippen LogP contribution in [0.2, 0.25) is 0 Å². The average Bonchev–Trinajstić information content (AvgIpc) is 2.45. The molecule has 0 aromatic carbocycles. The molecule has 17 heavy (non-hydrogen) atoms. The minimum atomic E-state index is -0.330. The lowest BCUT2D eigenvalue weighted by Crippen LogP contribution is -2.47. The molecule has 0 aromatic rings. The second-order valence-corrected chi connectivity index (χ2v) is 5.89. The van der Waals surface area contributed by atoms with Crippen LogP contribution in [0.15, 0.2) is 0 Å². The van der Waals surface area contributed by atoms with E-state index < -0.39 is 0 Å². The molecule has 0 aromatic heterocycles. The zero-order chi connectivity index (χ0) is 13.2. The molecular weight excluding hydrogens is 216 g/mol. The number of hydrogen-bond acceptors (Lipinski definition) is 3. The Morgan fingerprint density at radius 2 is 2.00 bits per heavy atom. The first kappa shape index (κ1) is 14.2. The highest BCUT2D eigenvalue weighted by Crippen LogP contribution is 2.21. The molecule has 0 radical (unpaired) electrons. The van der Waals surface area contributed by atoms with Gasteiger partial charge in [0.25, 0.3) is 0 Å². The van der Waals surface area contributed by atoms with Crippen molar-refractivity contribution in [1.29, 1.82) is 0 Å². The van der Waals surface area contributed by atoms with Gasteiger partial charge in [0.1, 0.15) is 0 Å². The van der Waals surface area contributed by atoms with E-state index in [-0.39, 0.29) is 29.3 Å². The summed E-state index contributed by atoms with van der Waals surface area (Å²) in [6.07, 6.45) is 1.12. The molecule has 1 fully saturated rings. The maximum Gasteiger partial charge on any atom is 0.246 e. The quantitative estimate of drug-likeness (QED) is 0.758. The predicted molar refractivity (Wildman–Crippen MR) is 67.5 cm³/mol. The fourth-order valence-electron chi connectivity index (χ4n) is 1.82. The minimum Gasteiger partial charge on any atom is -0.302 e. The van der Waals surface area contributed by atoms with Crippen molar-refractivity contribution in [2.24, 2.45) is 5.41 Å². The summed E-state index contributed by atoms with van der Waals surface area (Å²) in [6.45, 7) is 10.9. The van der Waals surface area contributed by atoms with E-state index in [2.05, 4.69) is 33.0 Å². The van der Waals surface area contributed by atoms with Crippen molar-refractivity contribution in [2.45, 2.75) is 59.5 Å². The molecule has 4 heteroatoms. The number of hydrogen-bond donors (Lipinski definition) is 1. The Kier molecular flexibility index (Phi) is 4.31. The first-order valence-electron chi connectivity index (χ1n) is 6.37. The molecule has 98 valence electrons. The molecule has 1 N–H and O–H groups in total. The third-order valence-corrected chi connectivity index (χ3v) is 3.44. The summed E-state index contributed by atoms with van der Waals surface area (Å²) in [7, 11) is 0. The summed E-state index contributed by atoms with van der Waals surface area (Å²) in [4.78, 5) is 25.1. The Balaban J connectivity index is 2.64. The van der Waals surface area contributed by atoms with E-state index in [4.69, 9.17) is 0 Å². The molecule has 0 spiro atoms. The van der Waals surface area contributed by atoms with Crippen molar-refractivity contribution in [2.75, 3.05) is 6.54 Å². The van der Waals surface area contributed by atoms with Gasteiger partial charge in [0.05, 0.1) is 12.5 Å². The van der Waals surface area contributed by atoms with Gasteiger partial charge in [-0.1, -0.05) is 27.7 Å². The van der Waals surface area contributed by atoms with Crippen LogP contribution in [0.4, 0.5) is 0 Å². The Labute approximate surface area is 104 Å². The van der Waals surface area contributed by atoms with Crippen molar-refractivity contribution in [3.63, 3.8) is 0 Å². The van der Waals surface area contributed by atoms with Crippen LogP contribution in [0.5, 0.6) is 0 Å². The highest BCUT2D eigenvalue weighted by atomic mass is 16.2. The molecule has 4 nitrogen and oxygen atoms in total. The summed E-state index contributed by atoms with van der Waals surface area (Å²) in [5.74, 6) is -0.108. The molecule has 1 heterocycles. The predicted octanol–water partition coefficient (Wildman–Crippen LogP) is 1.55. The largest absolute Gasteiger partial charge is 0.302 e. The van der Waals surface area contributed by atoms with Crippen molar-refractivity contribution < 1.29 is 9.59 Å². The molecule has 2 unspecified atom stereocenters. The number of likely N-dealkylation sites (tertiary alicyclic amines) is 1. The van der Waals surface area contributed by atoms with Gasteiger partial charge < -0.3 is 5.32 Å². The summed E-state index contributed by atoms with van der Waals surface area (Å²) >= 11 is 0. The number of imide groups is 1. The van der Waals surface area contributed by atoms with Crippen LogP contribution in [-0.2, 0) is 9.59 Å². The molecule has 0 aliphatic carbocycles. The molecule has 0 bridgehead atoms. The van der Waals surface area contributed by atoms with Crippen molar-refractivity contribution in [3.8, 4) is 0 Å². The number of nitrogens with zero attached hydrogens (tertiary/aromatic N) is 1. The summed E-state index contributed by atoms with van der Waals surface area (Å²) in [5, 5.41) is 3.28. The fraction of sp³-hybridized carbons (Fsp3) is 0.846. The molecule has 1 aliphatic heterocycles. The monoisotopic (exact) mass is 240 g/mol. The van der Waals surface area contributed by atoms with Gasteiger partial charge in [-0.25, -0.2) is 0 Å². The van der Waals surface area contributed by atoms with E-state index in [0.29, 0.717) is 13.0 Å². The van der Waals surface area contributed by atoms with Crippen LogP contribution in [-0.4, -0.2) is 35.3 Å². The van der Waals surface area contributed by atoms with Crippen LogP contribution >= 0.6 is 0 Å². The Hall–Kier alpha value is -0.900. The van der Waals surface area contributed by atoms with E-state index in [9.17, 15) is 9.59 Å². The third-order valence-electron chi connectivity index (χ3n) is 3.44. The normalized spacial score (nSPS) is 23.4. The van der Waals surface area contributed by atoms with Crippen LogP contribution in [0, 0.1) is 5.41 Å². The van der Waals surface area contributed by atoms with E-state index in [1.807, 2.05) is 6.92 Å². The third kappa shape index (κ3) is 3.28. The summed E-state index contributed by atoms with van der Waals surface area (Å²) < 4.78 is 0. The zero-order valence-corrected chi connectivity index (χ0v) is 11.5. The molecule has 2 amide bonds. The maximum atomic E-state index is 12.0. The molecule has 2 atom stereocenters. The van der Waals surface area contributed by atoms with Gasteiger partial charge >= 0.3 is 0 Å². The van der Waals surface area contributed by atoms with Crippen LogP contribution in [0.3, 0.4) is 0 Å². The first-order valence-corrected chi connectivity index (χ1v) is 6.37. The molecule has 1 rings (SSSR count). The Morgan fingerprint density at radius 1 is 1.41 bits per heavy atom. The highest BCUT2D eigenvalue weighted by molar-refractivity contribution is 6.05. The second kappa shape index (κ2) is 5.17. The molecular formula is C13H24N2O2. The number of amides is 2. The SMILES string of the molecule is CCCN1C(=O)CC(NC(C)C(C)(C)C)C1=O.